The van der Waals surface area contributed by atoms with Gasteiger partial charge in [-0.3, -0.25) is 4.98 Å². The van der Waals surface area contributed by atoms with E-state index in [0.717, 1.165) is 42.8 Å². The van der Waals surface area contributed by atoms with E-state index in [1.807, 2.05) is 18.2 Å². The van der Waals surface area contributed by atoms with Crippen LogP contribution in [0.4, 0.5) is 5.82 Å². The van der Waals surface area contributed by atoms with Crippen molar-refractivity contribution in [3.05, 3.63) is 30.6 Å². The average molecular weight is 328 g/mol. The first kappa shape index (κ1) is 16.5. The predicted octanol–water partition coefficient (Wildman–Crippen LogP) is 2.84. The monoisotopic (exact) mass is 328 g/mol. The Morgan fingerprint density at radius 3 is 2.50 bits per heavy atom. The largest absolute Gasteiger partial charge is 0.493 e. The van der Waals surface area contributed by atoms with Crippen molar-refractivity contribution in [2.75, 3.05) is 19.5 Å². The Hall–Kier alpha value is -2.34. The van der Waals surface area contributed by atoms with Crippen LogP contribution in [0.25, 0.3) is 11.3 Å². The summed E-state index contributed by atoms with van der Waals surface area (Å²) in [5.74, 6) is 2.17. The molecule has 0 saturated heterocycles. The van der Waals surface area contributed by atoms with Crippen LogP contribution in [0.2, 0.25) is 0 Å². The van der Waals surface area contributed by atoms with E-state index in [1.165, 1.54) is 0 Å². The molecule has 6 heteroatoms. The number of benzene rings is 1. The number of hydrogen-bond acceptors (Lipinski definition) is 6. The zero-order valence-electron chi connectivity index (χ0n) is 14.2. The normalized spacial score (nSPS) is 20.5. The van der Waals surface area contributed by atoms with Gasteiger partial charge in [-0.05, 0) is 43.9 Å². The molecule has 1 aromatic heterocycles. The molecule has 6 nitrogen and oxygen atoms in total. The van der Waals surface area contributed by atoms with Gasteiger partial charge in [0, 0.05) is 17.6 Å². The quantitative estimate of drug-likeness (QED) is 0.878. The standard InChI is InChI=1S/C18H24N4O2/c1-23-16-8-3-12(9-17(16)24-2)15-10-20-11-18(22-15)21-14-6-4-13(19)5-7-14/h3,8-11,13-14H,4-7,19H2,1-2H3,(H,21,22). The Kier molecular flexibility index (Phi) is 5.15. The summed E-state index contributed by atoms with van der Waals surface area (Å²) in [5, 5.41) is 3.48. The van der Waals surface area contributed by atoms with Crippen LogP contribution in [0, 0.1) is 0 Å². The fourth-order valence-electron chi connectivity index (χ4n) is 3.04. The molecule has 0 spiro atoms. The van der Waals surface area contributed by atoms with Crippen molar-refractivity contribution >= 4 is 5.82 Å². The average Bonchev–Trinajstić information content (AvgIpc) is 2.63. The van der Waals surface area contributed by atoms with Crippen LogP contribution in [0.15, 0.2) is 30.6 Å². The van der Waals surface area contributed by atoms with Gasteiger partial charge in [0.1, 0.15) is 5.82 Å². The molecule has 2 aromatic rings. The third-order valence-corrected chi connectivity index (χ3v) is 4.44. The van der Waals surface area contributed by atoms with Crippen LogP contribution in [-0.2, 0) is 0 Å². The molecule has 0 atom stereocenters. The number of hydrogen-bond donors (Lipinski definition) is 2. The van der Waals surface area contributed by atoms with Gasteiger partial charge in [-0.25, -0.2) is 4.98 Å². The van der Waals surface area contributed by atoms with Gasteiger partial charge in [0.25, 0.3) is 0 Å². The molecule has 1 aliphatic rings. The fraction of sp³-hybridized carbons (Fsp3) is 0.444. The number of nitrogens with zero attached hydrogens (tertiary/aromatic N) is 2. The van der Waals surface area contributed by atoms with Gasteiger partial charge in [-0.1, -0.05) is 0 Å². The van der Waals surface area contributed by atoms with Crippen LogP contribution in [0.5, 0.6) is 11.5 Å². The van der Waals surface area contributed by atoms with Crippen molar-refractivity contribution in [3.63, 3.8) is 0 Å². The third-order valence-electron chi connectivity index (χ3n) is 4.44. The van der Waals surface area contributed by atoms with Crippen LogP contribution >= 0.6 is 0 Å². The minimum Gasteiger partial charge on any atom is -0.493 e. The van der Waals surface area contributed by atoms with Crippen LogP contribution in [0.1, 0.15) is 25.7 Å². The van der Waals surface area contributed by atoms with Crippen molar-refractivity contribution in [2.24, 2.45) is 5.73 Å². The zero-order valence-corrected chi connectivity index (χ0v) is 14.2. The number of aromatic nitrogens is 2. The highest BCUT2D eigenvalue weighted by molar-refractivity contribution is 5.64. The molecule has 1 aliphatic carbocycles. The SMILES string of the molecule is COc1ccc(-c2cncc(NC3CCC(N)CC3)n2)cc1OC. The number of ether oxygens (including phenoxy) is 2. The van der Waals surface area contributed by atoms with E-state index in [2.05, 4.69) is 15.3 Å². The molecule has 128 valence electrons. The second-order valence-corrected chi connectivity index (χ2v) is 6.12. The number of rotatable bonds is 5. The van der Waals surface area contributed by atoms with Crippen molar-refractivity contribution in [3.8, 4) is 22.8 Å². The smallest absolute Gasteiger partial charge is 0.161 e. The van der Waals surface area contributed by atoms with Crippen LogP contribution in [0.3, 0.4) is 0 Å². The molecule has 0 unspecified atom stereocenters. The molecular formula is C18H24N4O2. The molecule has 1 heterocycles. The van der Waals surface area contributed by atoms with E-state index in [1.54, 1.807) is 26.6 Å². The molecule has 0 amide bonds. The first-order valence-electron chi connectivity index (χ1n) is 8.26. The number of nitrogens with two attached hydrogens (primary N) is 1. The summed E-state index contributed by atoms with van der Waals surface area (Å²) >= 11 is 0. The summed E-state index contributed by atoms with van der Waals surface area (Å²) in [6, 6.07) is 6.49. The van der Waals surface area contributed by atoms with Gasteiger partial charge in [0.15, 0.2) is 11.5 Å². The molecular weight excluding hydrogens is 304 g/mol. The van der Waals surface area contributed by atoms with Crippen molar-refractivity contribution in [2.45, 2.75) is 37.8 Å². The van der Waals surface area contributed by atoms with Crippen LogP contribution < -0.4 is 20.5 Å². The Bertz CT molecular complexity index is 684. The van der Waals surface area contributed by atoms with Crippen LogP contribution in [-0.4, -0.2) is 36.3 Å². The van der Waals surface area contributed by atoms with E-state index in [-0.39, 0.29) is 0 Å². The van der Waals surface area contributed by atoms with E-state index < -0.39 is 0 Å². The van der Waals surface area contributed by atoms with Crippen molar-refractivity contribution in [1.29, 1.82) is 0 Å². The van der Waals surface area contributed by atoms with Gasteiger partial charge < -0.3 is 20.5 Å². The molecule has 3 N–H and O–H groups in total. The van der Waals surface area contributed by atoms with E-state index in [0.29, 0.717) is 23.6 Å². The van der Waals surface area contributed by atoms with E-state index >= 15 is 0 Å². The Morgan fingerprint density at radius 1 is 1.04 bits per heavy atom. The summed E-state index contributed by atoms with van der Waals surface area (Å²) in [4.78, 5) is 9.00. The molecule has 0 bridgehead atoms. The molecule has 24 heavy (non-hydrogen) atoms. The van der Waals surface area contributed by atoms with Gasteiger partial charge in [0.05, 0.1) is 32.3 Å². The van der Waals surface area contributed by atoms with Gasteiger partial charge in [0.2, 0.25) is 0 Å². The maximum Gasteiger partial charge on any atom is 0.161 e. The lowest BCUT2D eigenvalue weighted by molar-refractivity contribution is 0.355. The first-order chi connectivity index (χ1) is 11.7. The molecule has 0 aliphatic heterocycles. The summed E-state index contributed by atoms with van der Waals surface area (Å²) in [7, 11) is 3.25. The second kappa shape index (κ2) is 7.49. The molecule has 1 fully saturated rings. The van der Waals surface area contributed by atoms with Gasteiger partial charge in [-0.15, -0.1) is 0 Å². The summed E-state index contributed by atoms with van der Waals surface area (Å²) in [6.45, 7) is 0. The van der Waals surface area contributed by atoms with Crippen molar-refractivity contribution in [1.82, 2.24) is 9.97 Å². The number of nitrogens with one attached hydrogen (secondary N) is 1. The Morgan fingerprint density at radius 2 is 1.79 bits per heavy atom. The highest BCUT2D eigenvalue weighted by Crippen LogP contribution is 2.31. The maximum atomic E-state index is 5.96. The molecule has 1 saturated carbocycles. The fourth-order valence-corrected chi connectivity index (χ4v) is 3.04. The second-order valence-electron chi connectivity index (χ2n) is 6.12. The lowest BCUT2D eigenvalue weighted by atomic mass is 9.92. The highest BCUT2D eigenvalue weighted by Gasteiger charge is 2.18. The Balaban J connectivity index is 1.77. The predicted molar refractivity (Wildman–Crippen MR) is 94.4 cm³/mol. The van der Waals surface area contributed by atoms with Gasteiger partial charge in [-0.2, -0.15) is 0 Å². The summed E-state index contributed by atoms with van der Waals surface area (Å²) in [6.07, 6.45) is 7.77. The minimum atomic E-state index is 0.340. The maximum absolute atomic E-state index is 5.96. The number of anilines is 1. The van der Waals surface area contributed by atoms with E-state index in [4.69, 9.17) is 15.2 Å². The lowest BCUT2D eigenvalue weighted by Crippen LogP contribution is -2.33. The summed E-state index contributed by atoms with van der Waals surface area (Å²) in [5.41, 5.74) is 7.70. The molecule has 3 rings (SSSR count). The van der Waals surface area contributed by atoms with Crippen molar-refractivity contribution < 1.29 is 9.47 Å². The Labute approximate surface area is 142 Å². The topological polar surface area (TPSA) is 82.3 Å². The van der Waals surface area contributed by atoms with E-state index in [9.17, 15) is 0 Å². The summed E-state index contributed by atoms with van der Waals surface area (Å²) < 4.78 is 10.6. The lowest BCUT2D eigenvalue weighted by Gasteiger charge is -2.27. The minimum absolute atomic E-state index is 0.340. The number of methoxy groups -OCH3 is 2. The van der Waals surface area contributed by atoms with Gasteiger partial charge >= 0.3 is 0 Å². The zero-order chi connectivity index (χ0) is 16.9. The first-order valence-corrected chi connectivity index (χ1v) is 8.26. The highest BCUT2D eigenvalue weighted by atomic mass is 16.5. The molecule has 0 radical (unpaired) electrons. The molecule has 1 aromatic carbocycles. The third kappa shape index (κ3) is 3.76.